The van der Waals surface area contributed by atoms with E-state index in [9.17, 15) is 23.2 Å². The zero-order valence-corrected chi connectivity index (χ0v) is 12.2. The molecule has 23 heavy (non-hydrogen) atoms. The Hall–Kier alpha value is -2.51. The SMILES string of the molecule is O=C(CN1C(=O)NC2(CCCC2)C1=O)Nc1cc(F)ccc1F. The van der Waals surface area contributed by atoms with Crippen molar-refractivity contribution in [2.24, 2.45) is 0 Å². The Labute approximate surface area is 130 Å². The molecule has 1 aliphatic heterocycles. The predicted molar refractivity (Wildman–Crippen MR) is 76.4 cm³/mol. The summed E-state index contributed by atoms with van der Waals surface area (Å²) in [5.74, 6) is -2.71. The van der Waals surface area contributed by atoms with E-state index in [0.29, 0.717) is 12.8 Å². The molecule has 1 aliphatic carbocycles. The molecular weight excluding hydrogens is 308 g/mol. The third-order valence-corrected chi connectivity index (χ3v) is 4.21. The number of carbonyl (C=O) groups excluding carboxylic acids is 3. The van der Waals surface area contributed by atoms with Crippen LogP contribution in [0.2, 0.25) is 0 Å². The van der Waals surface area contributed by atoms with E-state index in [0.717, 1.165) is 35.9 Å². The van der Waals surface area contributed by atoms with Gasteiger partial charge in [0.15, 0.2) is 0 Å². The van der Waals surface area contributed by atoms with E-state index in [1.165, 1.54) is 0 Å². The summed E-state index contributed by atoms with van der Waals surface area (Å²) in [5.41, 5.74) is -1.24. The number of benzene rings is 1. The number of nitrogens with zero attached hydrogens (tertiary/aromatic N) is 1. The van der Waals surface area contributed by atoms with Crippen molar-refractivity contribution < 1.29 is 23.2 Å². The van der Waals surface area contributed by atoms with Crippen LogP contribution in [0.1, 0.15) is 25.7 Å². The van der Waals surface area contributed by atoms with Crippen molar-refractivity contribution in [2.45, 2.75) is 31.2 Å². The first-order valence-corrected chi connectivity index (χ1v) is 7.30. The predicted octanol–water partition coefficient (Wildman–Crippen LogP) is 1.77. The van der Waals surface area contributed by atoms with Gasteiger partial charge in [0.2, 0.25) is 5.91 Å². The highest BCUT2D eigenvalue weighted by Crippen LogP contribution is 2.34. The monoisotopic (exact) mass is 323 g/mol. The Bertz CT molecular complexity index is 687. The second-order valence-corrected chi connectivity index (χ2v) is 5.78. The van der Waals surface area contributed by atoms with Crippen LogP contribution in [0.15, 0.2) is 18.2 Å². The molecule has 0 atom stereocenters. The van der Waals surface area contributed by atoms with Crippen LogP contribution >= 0.6 is 0 Å². The number of rotatable bonds is 3. The highest BCUT2D eigenvalue weighted by Gasteiger charge is 2.52. The number of hydrogen-bond acceptors (Lipinski definition) is 3. The van der Waals surface area contributed by atoms with Gasteiger partial charge in [0.25, 0.3) is 5.91 Å². The largest absolute Gasteiger partial charge is 0.325 e. The van der Waals surface area contributed by atoms with Gasteiger partial charge >= 0.3 is 6.03 Å². The summed E-state index contributed by atoms with van der Waals surface area (Å²) in [6, 6.07) is 2.00. The molecule has 1 aromatic rings. The number of halogens is 2. The molecule has 2 aliphatic rings. The van der Waals surface area contributed by atoms with Gasteiger partial charge in [-0.3, -0.25) is 14.5 Å². The first-order valence-electron chi connectivity index (χ1n) is 7.30. The molecule has 0 bridgehead atoms. The van der Waals surface area contributed by atoms with Crippen molar-refractivity contribution in [1.82, 2.24) is 10.2 Å². The van der Waals surface area contributed by atoms with E-state index in [4.69, 9.17) is 0 Å². The van der Waals surface area contributed by atoms with Crippen molar-refractivity contribution in [2.75, 3.05) is 11.9 Å². The van der Waals surface area contributed by atoms with Crippen molar-refractivity contribution in [3.63, 3.8) is 0 Å². The van der Waals surface area contributed by atoms with Gasteiger partial charge in [0.05, 0.1) is 5.69 Å². The number of nitrogens with one attached hydrogen (secondary N) is 2. The fourth-order valence-electron chi connectivity index (χ4n) is 3.06. The number of amides is 4. The van der Waals surface area contributed by atoms with Crippen LogP contribution in [0.5, 0.6) is 0 Å². The van der Waals surface area contributed by atoms with Gasteiger partial charge in [-0.1, -0.05) is 12.8 Å². The second-order valence-electron chi connectivity index (χ2n) is 5.78. The smallest absolute Gasteiger partial charge is 0.323 e. The van der Waals surface area contributed by atoms with Crippen LogP contribution in [0.4, 0.5) is 19.3 Å². The molecule has 0 unspecified atom stereocenters. The molecule has 4 amide bonds. The molecule has 6 nitrogen and oxygen atoms in total. The molecule has 2 fully saturated rings. The first kappa shape index (κ1) is 15.4. The summed E-state index contributed by atoms with van der Waals surface area (Å²) in [4.78, 5) is 37.1. The van der Waals surface area contributed by atoms with Crippen LogP contribution in [0, 0.1) is 11.6 Å². The average Bonchev–Trinajstić information content (AvgIpc) is 3.05. The number of imide groups is 1. The van der Waals surface area contributed by atoms with E-state index in [1.807, 2.05) is 0 Å². The Morgan fingerprint density at radius 2 is 1.96 bits per heavy atom. The van der Waals surface area contributed by atoms with Crippen LogP contribution in [0.3, 0.4) is 0 Å². The quantitative estimate of drug-likeness (QED) is 0.832. The van der Waals surface area contributed by atoms with Crippen LogP contribution in [-0.4, -0.2) is 34.8 Å². The van der Waals surface area contributed by atoms with Crippen LogP contribution in [-0.2, 0) is 9.59 Å². The third kappa shape index (κ3) is 2.76. The molecule has 1 spiro atoms. The van der Waals surface area contributed by atoms with Gasteiger partial charge in [0, 0.05) is 6.07 Å². The molecule has 1 saturated heterocycles. The van der Waals surface area contributed by atoms with Gasteiger partial charge in [0.1, 0.15) is 23.7 Å². The number of hydrogen-bond donors (Lipinski definition) is 2. The maximum Gasteiger partial charge on any atom is 0.325 e. The van der Waals surface area contributed by atoms with Crippen molar-refractivity contribution >= 4 is 23.5 Å². The van der Waals surface area contributed by atoms with Crippen LogP contribution < -0.4 is 10.6 Å². The Morgan fingerprint density at radius 3 is 2.65 bits per heavy atom. The zero-order chi connectivity index (χ0) is 16.6. The fourth-order valence-corrected chi connectivity index (χ4v) is 3.06. The lowest BCUT2D eigenvalue weighted by Crippen LogP contribution is -2.44. The first-order chi connectivity index (χ1) is 10.9. The summed E-state index contributed by atoms with van der Waals surface area (Å²) >= 11 is 0. The Balaban J connectivity index is 1.69. The molecule has 1 aromatic carbocycles. The summed E-state index contributed by atoms with van der Waals surface area (Å²) < 4.78 is 26.6. The average molecular weight is 323 g/mol. The minimum atomic E-state index is -0.901. The Kier molecular flexibility index (Phi) is 3.75. The molecule has 8 heteroatoms. The molecule has 1 saturated carbocycles. The lowest BCUT2D eigenvalue weighted by Gasteiger charge is -2.19. The topological polar surface area (TPSA) is 78.5 Å². The van der Waals surface area contributed by atoms with Gasteiger partial charge in [-0.25, -0.2) is 13.6 Å². The Morgan fingerprint density at radius 1 is 1.26 bits per heavy atom. The van der Waals surface area contributed by atoms with E-state index in [-0.39, 0.29) is 5.69 Å². The summed E-state index contributed by atoms with van der Waals surface area (Å²) in [6.07, 6.45) is 2.77. The molecule has 1 heterocycles. The van der Waals surface area contributed by atoms with Crippen molar-refractivity contribution in [3.8, 4) is 0 Å². The number of anilines is 1. The van der Waals surface area contributed by atoms with Crippen LogP contribution in [0.25, 0.3) is 0 Å². The van der Waals surface area contributed by atoms with E-state index in [2.05, 4.69) is 10.6 Å². The summed E-state index contributed by atoms with van der Waals surface area (Å²) in [6.45, 7) is -0.539. The standard InChI is InChI=1S/C15H15F2N3O3/c16-9-3-4-10(17)11(7-9)18-12(21)8-20-13(22)15(19-14(20)23)5-1-2-6-15/h3-4,7H,1-2,5-6,8H2,(H,18,21)(H,19,23). The van der Waals surface area contributed by atoms with Gasteiger partial charge in [-0.15, -0.1) is 0 Å². The highest BCUT2D eigenvalue weighted by atomic mass is 19.1. The summed E-state index contributed by atoms with van der Waals surface area (Å²) in [5, 5.41) is 4.81. The second kappa shape index (κ2) is 5.60. The number of carbonyl (C=O) groups is 3. The van der Waals surface area contributed by atoms with Gasteiger partial charge in [-0.2, -0.15) is 0 Å². The molecule has 2 N–H and O–H groups in total. The fraction of sp³-hybridized carbons (Fsp3) is 0.400. The van der Waals surface area contributed by atoms with E-state index >= 15 is 0 Å². The van der Waals surface area contributed by atoms with Crippen molar-refractivity contribution in [3.05, 3.63) is 29.8 Å². The molecule has 0 aromatic heterocycles. The van der Waals surface area contributed by atoms with E-state index in [1.54, 1.807) is 0 Å². The lowest BCUT2D eigenvalue weighted by atomic mass is 9.98. The number of urea groups is 1. The van der Waals surface area contributed by atoms with E-state index < -0.39 is 41.6 Å². The van der Waals surface area contributed by atoms with Gasteiger partial charge < -0.3 is 10.6 Å². The van der Waals surface area contributed by atoms with Crippen molar-refractivity contribution in [1.29, 1.82) is 0 Å². The minimum absolute atomic E-state index is 0.336. The molecule has 122 valence electrons. The molecule has 3 rings (SSSR count). The normalized spacial score (nSPS) is 19.3. The molecule has 0 radical (unpaired) electrons. The maximum absolute atomic E-state index is 13.5. The minimum Gasteiger partial charge on any atom is -0.323 e. The lowest BCUT2D eigenvalue weighted by molar-refractivity contribution is -0.133. The zero-order valence-electron chi connectivity index (χ0n) is 12.2. The summed E-state index contributed by atoms with van der Waals surface area (Å²) in [7, 11) is 0. The third-order valence-electron chi connectivity index (χ3n) is 4.21. The van der Waals surface area contributed by atoms with Gasteiger partial charge in [-0.05, 0) is 25.0 Å². The highest BCUT2D eigenvalue weighted by molar-refractivity contribution is 6.10. The maximum atomic E-state index is 13.5. The molecular formula is C15H15F2N3O3.